The zero-order valence-corrected chi connectivity index (χ0v) is 12.7. The van der Waals surface area contributed by atoms with Crippen LogP contribution in [0.5, 0.6) is 11.5 Å². The fraction of sp³-hybridized carbons (Fsp3) is 0.625. The topological polar surface area (TPSA) is 44.5 Å². The van der Waals surface area contributed by atoms with Crippen molar-refractivity contribution in [2.45, 2.75) is 46.0 Å². The Morgan fingerprint density at radius 3 is 2.20 bits per heavy atom. The van der Waals surface area contributed by atoms with Gasteiger partial charge in [0.15, 0.2) is 11.5 Å². The lowest BCUT2D eigenvalue weighted by atomic mass is 9.91. The van der Waals surface area contributed by atoms with E-state index in [1.807, 2.05) is 13.8 Å². The van der Waals surface area contributed by atoms with E-state index in [1.54, 1.807) is 6.07 Å². The van der Waals surface area contributed by atoms with Crippen LogP contribution in [0.4, 0.5) is 4.39 Å². The molecule has 3 nitrogen and oxygen atoms in total. The third-order valence-corrected chi connectivity index (χ3v) is 3.35. The first-order valence-corrected chi connectivity index (χ1v) is 7.46. The van der Waals surface area contributed by atoms with Crippen molar-refractivity contribution in [3.8, 4) is 11.5 Å². The second-order valence-corrected chi connectivity index (χ2v) is 4.72. The van der Waals surface area contributed by atoms with Crippen molar-refractivity contribution in [2.24, 2.45) is 5.73 Å². The first-order valence-electron chi connectivity index (χ1n) is 7.46. The van der Waals surface area contributed by atoms with Crippen LogP contribution in [0.3, 0.4) is 0 Å². The molecule has 0 aliphatic heterocycles. The van der Waals surface area contributed by atoms with E-state index in [1.165, 1.54) is 6.07 Å². The molecule has 1 atom stereocenters. The minimum absolute atomic E-state index is 0.174. The van der Waals surface area contributed by atoms with Crippen LogP contribution in [-0.4, -0.2) is 19.8 Å². The zero-order chi connectivity index (χ0) is 15.0. The van der Waals surface area contributed by atoms with E-state index in [0.29, 0.717) is 36.8 Å². The van der Waals surface area contributed by atoms with Gasteiger partial charge in [0.1, 0.15) is 5.82 Å². The van der Waals surface area contributed by atoms with Crippen molar-refractivity contribution in [1.29, 1.82) is 0 Å². The fourth-order valence-electron chi connectivity index (χ4n) is 2.34. The zero-order valence-electron chi connectivity index (χ0n) is 12.7. The quantitative estimate of drug-likeness (QED) is 0.748. The van der Waals surface area contributed by atoms with Crippen LogP contribution in [0.15, 0.2) is 12.1 Å². The lowest BCUT2D eigenvalue weighted by molar-refractivity contribution is 0.285. The molecule has 0 spiro atoms. The van der Waals surface area contributed by atoms with E-state index in [4.69, 9.17) is 15.2 Å². The largest absolute Gasteiger partial charge is 0.490 e. The summed E-state index contributed by atoms with van der Waals surface area (Å²) in [6, 6.07) is 3.23. The molecule has 0 heterocycles. The number of benzene rings is 1. The Kier molecular flexibility index (Phi) is 7.37. The highest BCUT2D eigenvalue weighted by Gasteiger charge is 2.18. The Balaban J connectivity index is 3.08. The summed E-state index contributed by atoms with van der Waals surface area (Å²) in [6.45, 7) is 7.50. The van der Waals surface area contributed by atoms with Crippen molar-refractivity contribution in [2.75, 3.05) is 19.8 Å². The molecule has 0 amide bonds. The van der Waals surface area contributed by atoms with Crippen LogP contribution in [-0.2, 0) is 0 Å². The molecule has 114 valence electrons. The van der Waals surface area contributed by atoms with Gasteiger partial charge >= 0.3 is 0 Å². The summed E-state index contributed by atoms with van der Waals surface area (Å²) < 4.78 is 25.3. The summed E-state index contributed by atoms with van der Waals surface area (Å²) in [5.41, 5.74) is 6.25. The Hall–Kier alpha value is -1.29. The Bertz CT molecular complexity index is 410. The Labute approximate surface area is 121 Å². The van der Waals surface area contributed by atoms with Gasteiger partial charge in [0, 0.05) is 6.07 Å². The molecule has 1 aromatic rings. The summed E-state index contributed by atoms with van der Waals surface area (Å²) in [6.07, 6.45) is 2.68. The van der Waals surface area contributed by atoms with Gasteiger partial charge in [-0.1, -0.05) is 6.92 Å². The number of rotatable bonds is 9. The molecule has 0 fully saturated rings. The number of hydrogen-bond donors (Lipinski definition) is 1. The van der Waals surface area contributed by atoms with E-state index in [0.717, 1.165) is 19.3 Å². The molecule has 4 heteroatoms. The molecule has 20 heavy (non-hydrogen) atoms. The number of nitrogens with two attached hydrogens (primary N) is 1. The van der Waals surface area contributed by atoms with Gasteiger partial charge in [-0.15, -0.1) is 0 Å². The smallest absolute Gasteiger partial charge is 0.164 e. The van der Waals surface area contributed by atoms with E-state index < -0.39 is 0 Å². The number of halogens is 1. The standard InChI is InChI=1S/C16H26FNO2/c1-4-12(8-7-9-18)13-10-15(19-5-2)16(20-6-3)11-14(13)17/h10-12H,4-9,18H2,1-3H3. The van der Waals surface area contributed by atoms with Gasteiger partial charge in [0.05, 0.1) is 13.2 Å². The molecule has 2 N–H and O–H groups in total. The Morgan fingerprint density at radius 1 is 1.10 bits per heavy atom. The summed E-state index contributed by atoms with van der Waals surface area (Å²) >= 11 is 0. The highest BCUT2D eigenvalue weighted by Crippen LogP contribution is 2.36. The lowest BCUT2D eigenvalue weighted by Gasteiger charge is -2.19. The van der Waals surface area contributed by atoms with Crippen LogP contribution in [0.2, 0.25) is 0 Å². The van der Waals surface area contributed by atoms with Gasteiger partial charge in [-0.2, -0.15) is 0 Å². The second-order valence-electron chi connectivity index (χ2n) is 4.72. The van der Waals surface area contributed by atoms with Gasteiger partial charge in [-0.25, -0.2) is 4.39 Å². The predicted molar refractivity (Wildman–Crippen MR) is 80.1 cm³/mol. The van der Waals surface area contributed by atoms with E-state index in [9.17, 15) is 4.39 Å². The average molecular weight is 283 g/mol. The highest BCUT2D eigenvalue weighted by atomic mass is 19.1. The molecule has 1 rings (SSSR count). The van der Waals surface area contributed by atoms with E-state index >= 15 is 0 Å². The van der Waals surface area contributed by atoms with Gasteiger partial charge in [0.2, 0.25) is 0 Å². The fourth-order valence-corrected chi connectivity index (χ4v) is 2.34. The van der Waals surface area contributed by atoms with Crippen molar-refractivity contribution >= 4 is 0 Å². The molecule has 0 aromatic heterocycles. The van der Waals surface area contributed by atoms with E-state index in [2.05, 4.69) is 6.92 Å². The maximum atomic E-state index is 14.3. The minimum Gasteiger partial charge on any atom is -0.490 e. The normalized spacial score (nSPS) is 12.2. The molecule has 1 aromatic carbocycles. The number of ether oxygens (including phenoxy) is 2. The summed E-state index contributed by atoms with van der Waals surface area (Å²) in [7, 11) is 0. The van der Waals surface area contributed by atoms with Gasteiger partial charge in [-0.05, 0) is 57.2 Å². The molecule has 0 aliphatic carbocycles. The number of hydrogen-bond acceptors (Lipinski definition) is 3. The van der Waals surface area contributed by atoms with Gasteiger partial charge < -0.3 is 15.2 Å². The Morgan fingerprint density at radius 2 is 1.70 bits per heavy atom. The molecule has 0 radical (unpaired) electrons. The third kappa shape index (κ3) is 4.37. The molecular formula is C16H26FNO2. The van der Waals surface area contributed by atoms with Crippen LogP contribution in [0.25, 0.3) is 0 Å². The SMILES string of the molecule is CCOc1cc(F)c(C(CC)CCCN)cc1OCC. The molecule has 0 saturated carbocycles. The molecule has 1 unspecified atom stereocenters. The van der Waals surface area contributed by atoms with Gasteiger partial charge in [-0.3, -0.25) is 0 Å². The van der Waals surface area contributed by atoms with E-state index in [-0.39, 0.29) is 11.7 Å². The van der Waals surface area contributed by atoms with Crippen molar-refractivity contribution in [1.82, 2.24) is 0 Å². The minimum atomic E-state index is -0.222. The average Bonchev–Trinajstić information content (AvgIpc) is 2.44. The van der Waals surface area contributed by atoms with Crippen LogP contribution >= 0.6 is 0 Å². The maximum Gasteiger partial charge on any atom is 0.164 e. The summed E-state index contributed by atoms with van der Waals surface area (Å²) in [5, 5.41) is 0. The second kappa shape index (κ2) is 8.80. The molecule has 0 saturated heterocycles. The van der Waals surface area contributed by atoms with Crippen LogP contribution < -0.4 is 15.2 Å². The van der Waals surface area contributed by atoms with Crippen LogP contribution in [0.1, 0.15) is 51.5 Å². The van der Waals surface area contributed by atoms with Crippen molar-refractivity contribution in [3.63, 3.8) is 0 Å². The maximum absolute atomic E-state index is 14.3. The first-order chi connectivity index (χ1) is 9.67. The predicted octanol–water partition coefficient (Wildman–Crippen LogP) is 3.86. The third-order valence-electron chi connectivity index (χ3n) is 3.35. The summed E-state index contributed by atoms with van der Waals surface area (Å²) in [4.78, 5) is 0. The lowest BCUT2D eigenvalue weighted by Crippen LogP contribution is -2.07. The molecular weight excluding hydrogens is 257 g/mol. The monoisotopic (exact) mass is 283 g/mol. The van der Waals surface area contributed by atoms with Gasteiger partial charge in [0.25, 0.3) is 0 Å². The van der Waals surface area contributed by atoms with Crippen molar-refractivity contribution < 1.29 is 13.9 Å². The summed E-state index contributed by atoms with van der Waals surface area (Å²) in [5.74, 6) is 1.05. The van der Waals surface area contributed by atoms with Crippen molar-refractivity contribution in [3.05, 3.63) is 23.5 Å². The molecule has 0 aliphatic rings. The first kappa shape index (κ1) is 16.8. The van der Waals surface area contributed by atoms with Crippen LogP contribution in [0, 0.1) is 5.82 Å². The highest BCUT2D eigenvalue weighted by molar-refractivity contribution is 5.45. The molecule has 0 bridgehead atoms.